The molecule has 0 aliphatic carbocycles. The van der Waals surface area contributed by atoms with Crippen LogP contribution in [0.2, 0.25) is 0 Å². The van der Waals surface area contributed by atoms with Crippen molar-refractivity contribution in [3.8, 4) is 0 Å². The van der Waals surface area contributed by atoms with Crippen molar-refractivity contribution in [1.82, 2.24) is 4.90 Å². The topological polar surface area (TPSA) is 32.7 Å². The van der Waals surface area contributed by atoms with Gasteiger partial charge in [0.1, 0.15) is 0 Å². The number of hydrogen-bond acceptors (Lipinski definition) is 3. The van der Waals surface area contributed by atoms with Gasteiger partial charge >= 0.3 is 0 Å². The van der Waals surface area contributed by atoms with Gasteiger partial charge < -0.3 is 9.84 Å². The summed E-state index contributed by atoms with van der Waals surface area (Å²) in [6.45, 7) is 11.5. The minimum absolute atomic E-state index is 0.0828. The second-order valence-electron chi connectivity index (χ2n) is 6.35. The number of rotatable bonds is 3. The molecule has 1 aliphatic heterocycles. The number of piperidine rings is 1. The fourth-order valence-electron chi connectivity index (χ4n) is 3.15. The average Bonchev–Trinajstić information content (AvgIpc) is 2.10. The Morgan fingerprint density at radius 3 is 2.00 bits per heavy atom. The molecule has 1 saturated heterocycles. The molecule has 0 amide bonds. The molecule has 0 aromatic heterocycles. The zero-order chi connectivity index (χ0) is 12.6. The van der Waals surface area contributed by atoms with E-state index in [4.69, 9.17) is 4.74 Å². The monoisotopic (exact) mass is 229 g/mol. The zero-order valence-electron chi connectivity index (χ0n) is 11.6. The second-order valence-corrected chi connectivity index (χ2v) is 6.35. The fourth-order valence-corrected chi connectivity index (χ4v) is 3.15. The number of aliphatic hydroxyl groups excluding tert-OH is 1. The number of aliphatic hydroxyl groups is 1. The summed E-state index contributed by atoms with van der Waals surface area (Å²) in [6.07, 6.45) is 2.10. The second kappa shape index (κ2) is 4.63. The summed E-state index contributed by atoms with van der Waals surface area (Å²) < 4.78 is 5.53. The molecular formula is C13H27NO2. The highest BCUT2D eigenvalue weighted by Crippen LogP contribution is 2.39. The first-order valence-corrected chi connectivity index (χ1v) is 6.17. The van der Waals surface area contributed by atoms with E-state index in [0.717, 1.165) is 19.4 Å². The van der Waals surface area contributed by atoms with Gasteiger partial charge in [-0.25, -0.2) is 0 Å². The average molecular weight is 229 g/mol. The lowest BCUT2D eigenvalue weighted by Crippen LogP contribution is -2.63. The van der Waals surface area contributed by atoms with E-state index in [1.807, 2.05) is 6.92 Å². The van der Waals surface area contributed by atoms with Gasteiger partial charge in [-0.2, -0.15) is 0 Å². The Balaban J connectivity index is 2.87. The number of nitrogens with zero attached hydrogens (tertiary/aromatic N) is 1. The highest BCUT2D eigenvalue weighted by Gasteiger charge is 2.45. The summed E-state index contributed by atoms with van der Waals surface area (Å²) in [4.78, 5) is 2.42. The first-order valence-electron chi connectivity index (χ1n) is 6.17. The van der Waals surface area contributed by atoms with Crippen molar-refractivity contribution in [2.24, 2.45) is 0 Å². The van der Waals surface area contributed by atoms with Crippen LogP contribution < -0.4 is 0 Å². The van der Waals surface area contributed by atoms with E-state index in [1.54, 1.807) is 7.11 Å². The van der Waals surface area contributed by atoms with Gasteiger partial charge in [0.2, 0.25) is 0 Å². The van der Waals surface area contributed by atoms with Crippen LogP contribution in [0.15, 0.2) is 0 Å². The van der Waals surface area contributed by atoms with Gasteiger partial charge in [0.05, 0.1) is 12.2 Å². The third-order valence-corrected chi connectivity index (χ3v) is 3.70. The molecule has 1 heterocycles. The molecule has 1 aliphatic rings. The maximum absolute atomic E-state index is 9.62. The fraction of sp³-hybridized carbons (Fsp3) is 1.00. The molecule has 1 N–H and O–H groups in total. The molecule has 0 aromatic carbocycles. The summed E-state index contributed by atoms with van der Waals surface area (Å²) in [5.74, 6) is 0. The van der Waals surface area contributed by atoms with E-state index >= 15 is 0 Å². The van der Waals surface area contributed by atoms with Crippen molar-refractivity contribution in [3.05, 3.63) is 0 Å². The van der Waals surface area contributed by atoms with Crippen molar-refractivity contribution < 1.29 is 9.84 Å². The zero-order valence-corrected chi connectivity index (χ0v) is 11.6. The Labute approximate surface area is 99.8 Å². The number of likely N-dealkylation sites (tertiary alicyclic amines) is 1. The predicted molar refractivity (Wildman–Crippen MR) is 66.6 cm³/mol. The van der Waals surface area contributed by atoms with Crippen LogP contribution in [0.4, 0.5) is 0 Å². The molecule has 1 fully saturated rings. The summed E-state index contributed by atoms with van der Waals surface area (Å²) >= 11 is 0. The number of ether oxygens (including phenoxy) is 1. The molecule has 1 atom stereocenters. The summed E-state index contributed by atoms with van der Waals surface area (Å²) in [5.41, 5.74) is 0.166. The Morgan fingerprint density at radius 1 is 1.25 bits per heavy atom. The summed E-state index contributed by atoms with van der Waals surface area (Å²) in [6, 6.07) is 0. The molecule has 3 heteroatoms. The number of β-amino-alcohol motifs (C(OH)–C–C–N with tert-alkyl or cyclic N) is 1. The van der Waals surface area contributed by atoms with Crippen LogP contribution in [0.3, 0.4) is 0 Å². The first kappa shape index (κ1) is 13.9. The van der Waals surface area contributed by atoms with E-state index in [2.05, 4.69) is 32.6 Å². The highest BCUT2D eigenvalue weighted by atomic mass is 16.5. The largest absolute Gasteiger partial charge is 0.392 e. The predicted octanol–water partition coefficient (Wildman–Crippen LogP) is 2.04. The third kappa shape index (κ3) is 2.96. The van der Waals surface area contributed by atoms with E-state index in [0.29, 0.717) is 6.10 Å². The molecule has 0 bridgehead atoms. The van der Waals surface area contributed by atoms with Crippen LogP contribution in [0, 0.1) is 0 Å². The normalized spacial score (nSPS) is 27.9. The van der Waals surface area contributed by atoms with Crippen LogP contribution in [-0.2, 0) is 4.74 Å². The molecule has 96 valence electrons. The van der Waals surface area contributed by atoms with Crippen molar-refractivity contribution in [3.63, 3.8) is 0 Å². The van der Waals surface area contributed by atoms with Gasteiger partial charge in [-0.15, -0.1) is 0 Å². The van der Waals surface area contributed by atoms with Crippen molar-refractivity contribution in [1.29, 1.82) is 0 Å². The van der Waals surface area contributed by atoms with Crippen LogP contribution in [0.25, 0.3) is 0 Å². The first-order chi connectivity index (χ1) is 7.19. The van der Waals surface area contributed by atoms with E-state index in [1.165, 1.54) is 0 Å². The molecule has 16 heavy (non-hydrogen) atoms. The van der Waals surface area contributed by atoms with E-state index in [9.17, 15) is 5.11 Å². The standard InChI is InChI=1S/C13H27NO2/c1-10(15)9-14-12(2,3)7-11(16-6)8-13(14,4)5/h10-11,15H,7-9H2,1-6H3. The molecular weight excluding hydrogens is 202 g/mol. The van der Waals surface area contributed by atoms with Crippen molar-refractivity contribution >= 4 is 0 Å². The minimum Gasteiger partial charge on any atom is -0.392 e. The quantitative estimate of drug-likeness (QED) is 0.804. The van der Waals surface area contributed by atoms with Gasteiger partial charge in [-0.1, -0.05) is 0 Å². The van der Waals surface area contributed by atoms with E-state index < -0.39 is 0 Å². The Morgan fingerprint density at radius 2 is 1.69 bits per heavy atom. The molecule has 0 aromatic rings. The van der Waals surface area contributed by atoms with Crippen LogP contribution in [-0.4, -0.2) is 46.9 Å². The lowest BCUT2D eigenvalue weighted by Gasteiger charge is -2.55. The van der Waals surface area contributed by atoms with Crippen LogP contribution in [0.1, 0.15) is 47.5 Å². The number of methoxy groups -OCH3 is 1. The SMILES string of the molecule is COC1CC(C)(C)N(CC(C)O)C(C)(C)C1. The molecule has 1 unspecified atom stereocenters. The minimum atomic E-state index is -0.280. The lowest BCUT2D eigenvalue weighted by molar-refractivity contribution is -0.105. The van der Waals surface area contributed by atoms with Gasteiger partial charge in [0.25, 0.3) is 0 Å². The molecule has 0 spiro atoms. The van der Waals surface area contributed by atoms with Crippen molar-refractivity contribution in [2.75, 3.05) is 13.7 Å². The highest BCUT2D eigenvalue weighted by molar-refractivity contribution is 5.00. The van der Waals surface area contributed by atoms with E-state index in [-0.39, 0.29) is 17.2 Å². The maximum atomic E-state index is 9.62. The van der Waals surface area contributed by atoms with Crippen LogP contribution in [0.5, 0.6) is 0 Å². The Kier molecular flexibility index (Phi) is 4.04. The Hall–Kier alpha value is -0.120. The van der Waals surface area contributed by atoms with Crippen LogP contribution >= 0.6 is 0 Å². The molecule has 0 saturated carbocycles. The van der Waals surface area contributed by atoms with Crippen molar-refractivity contribution in [2.45, 2.75) is 70.7 Å². The molecule has 0 radical (unpaired) electrons. The number of hydrogen-bond donors (Lipinski definition) is 1. The van der Waals surface area contributed by atoms with Gasteiger partial charge in [0, 0.05) is 24.7 Å². The van der Waals surface area contributed by atoms with Gasteiger partial charge in [0.15, 0.2) is 0 Å². The Bertz CT molecular complexity index is 218. The van der Waals surface area contributed by atoms with Gasteiger partial charge in [-0.3, -0.25) is 4.90 Å². The summed E-state index contributed by atoms with van der Waals surface area (Å²) in [5, 5.41) is 9.62. The third-order valence-electron chi connectivity index (χ3n) is 3.70. The lowest BCUT2D eigenvalue weighted by atomic mass is 9.78. The smallest absolute Gasteiger partial charge is 0.0639 e. The molecule has 1 rings (SSSR count). The maximum Gasteiger partial charge on any atom is 0.0639 e. The summed E-state index contributed by atoms with van der Waals surface area (Å²) in [7, 11) is 1.79. The molecule has 3 nitrogen and oxygen atoms in total. The van der Waals surface area contributed by atoms with Gasteiger partial charge in [-0.05, 0) is 47.5 Å².